The third kappa shape index (κ3) is 8.19. The summed E-state index contributed by atoms with van der Waals surface area (Å²) >= 11 is 0. The zero-order valence-corrected chi connectivity index (χ0v) is 15.4. The number of rotatable bonds is 6. The SMILES string of the molecule is CC(C)C(=O)Nc1ccccc1CNC(=O)CNC(=O)OC(C)(C)C. The predicted octanol–water partition coefficient (Wildman–Crippen LogP) is 2.42. The Morgan fingerprint density at radius 2 is 1.72 bits per heavy atom. The molecule has 3 N–H and O–H groups in total. The van der Waals surface area contributed by atoms with E-state index in [9.17, 15) is 14.4 Å². The Kier molecular flexibility index (Phi) is 7.42. The van der Waals surface area contributed by atoms with Crippen LogP contribution in [0.4, 0.5) is 10.5 Å². The highest BCUT2D eigenvalue weighted by Crippen LogP contribution is 2.15. The molecule has 7 heteroatoms. The van der Waals surface area contributed by atoms with Gasteiger partial charge in [0.2, 0.25) is 11.8 Å². The summed E-state index contributed by atoms with van der Waals surface area (Å²) in [5, 5.41) is 7.92. The predicted molar refractivity (Wildman–Crippen MR) is 96.0 cm³/mol. The molecular formula is C18H27N3O4. The molecule has 1 aromatic carbocycles. The average Bonchev–Trinajstić information content (AvgIpc) is 2.50. The van der Waals surface area contributed by atoms with Gasteiger partial charge in [-0.2, -0.15) is 0 Å². The maximum Gasteiger partial charge on any atom is 0.408 e. The second-order valence-electron chi connectivity index (χ2n) is 6.93. The molecule has 3 amide bonds. The van der Waals surface area contributed by atoms with Gasteiger partial charge in [-0.15, -0.1) is 0 Å². The van der Waals surface area contributed by atoms with Crippen LogP contribution in [0.3, 0.4) is 0 Å². The summed E-state index contributed by atoms with van der Waals surface area (Å²) in [6, 6.07) is 7.23. The van der Waals surface area contributed by atoms with E-state index in [-0.39, 0.29) is 30.8 Å². The van der Waals surface area contributed by atoms with Crippen molar-refractivity contribution in [1.29, 1.82) is 0 Å². The van der Waals surface area contributed by atoms with Crippen molar-refractivity contribution in [2.75, 3.05) is 11.9 Å². The van der Waals surface area contributed by atoms with Crippen molar-refractivity contribution in [1.82, 2.24) is 10.6 Å². The maximum atomic E-state index is 11.9. The Bertz CT molecular complexity index is 621. The number of amides is 3. The summed E-state index contributed by atoms with van der Waals surface area (Å²) in [5.74, 6) is -0.582. The number of carbonyl (C=O) groups is 3. The van der Waals surface area contributed by atoms with E-state index >= 15 is 0 Å². The van der Waals surface area contributed by atoms with Gasteiger partial charge in [0.05, 0.1) is 0 Å². The Hall–Kier alpha value is -2.57. The van der Waals surface area contributed by atoms with Gasteiger partial charge >= 0.3 is 6.09 Å². The van der Waals surface area contributed by atoms with Crippen molar-refractivity contribution in [2.45, 2.75) is 46.8 Å². The third-order valence-corrected chi connectivity index (χ3v) is 3.07. The van der Waals surface area contributed by atoms with Crippen LogP contribution in [-0.4, -0.2) is 30.1 Å². The number of carbonyl (C=O) groups excluding carboxylic acids is 3. The molecule has 0 bridgehead atoms. The second-order valence-corrected chi connectivity index (χ2v) is 6.93. The topological polar surface area (TPSA) is 96.5 Å². The highest BCUT2D eigenvalue weighted by Gasteiger charge is 2.16. The number of hydrogen-bond donors (Lipinski definition) is 3. The summed E-state index contributed by atoms with van der Waals surface area (Å²) in [4.78, 5) is 35.2. The lowest BCUT2D eigenvalue weighted by Gasteiger charge is -2.19. The van der Waals surface area contributed by atoms with E-state index in [1.807, 2.05) is 32.0 Å². The minimum absolute atomic E-state index is 0.0923. The van der Waals surface area contributed by atoms with Gasteiger partial charge in [-0.3, -0.25) is 9.59 Å². The highest BCUT2D eigenvalue weighted by atomic mass is 16.6. The number of para-hydroxylation sites is 1. The normalized spacial score (nSPS) is 11.0. The molecular weight excluding hydrogens is 322 g/mol. The minimum Gasteiger partial charge on any atom is -0.444 e. The molecule has 0 aliphatic heterocycles. The molecule has 0 radical (unpaired) electrons. The number of ether oxygens (including phenoxy) is 1. The lowest BCUT2D eigenvalue weighted by atomic mass is 10.1. The van der Waals surface area contributed by atoms with E-state index in [0.717, 1.165) is 5.56 Å². The van der Waals surface area contributed by atoms with Gasteiger partial charge in [-0.05, 0) is 32.4 Å². The van der Waals surface area contributed by atoms with Gasteiger partial charge in [0.15, 0.2) is 0 Å². The van der Waals surface area contributed by atoms with Crippen LogP contribution in [0.25, 0.3) is 0 Å². The summed E-state index contributed by atoms with van der Waals surface area (Å²) in [7, 11) is 0. The Balaban J connectivity index is 2.51. The first-order chi connectivity index (χ1) is 11.6. The second kappa shape index (κ2) is 9.05. The first kappa shape index (κ1) is 20.5. The van der Waals surface area contributed by atoms with Crippen LogP contribution in [0, 0.1) is 5.92 Å². The molecule has 1 aromatic rings. The average molecular weight is 349 g/mol. The Labute approximate surface area is 148 Å². The van der Waals surface area contributed by atoms with Crippen LogP contribution in [0.5, 0.6) is 0 Å². The van der Waals surface area contributed by atoms with E-state index < -0.39 is 11.7 Å². The van der Waals surface area contributed by atoms with Crippen molar-refractivity contribution in [2.24, 2.45) is 5.92 Å². The first-order valence-corrected chi connectivity index (χ1v) is 8.21. The third-order valence-electron chi connectivity index (χ3n) is 3.07. The molecule has 0 spiro atoms. The standard InChI is InChI=1S/C18H27N3O4/c1-12(2)16(23)21-14-9-7-6-8-13(14)10-19-15(22)11-20-17(24)25-18(3,4)5/h6-9,12H,10-11H2,1-5H3,(H,19,22)(H,20,24)(H,21,23). The van der Waals surface area contributed by atoms with Crippen LogP contribution in [0.15, 0.2) is 24.3 Å². The number of anilines is 1. The largest absolute Gasteiger partial charge is 0.444 e. The van der Waals surface area contributed by atoms with Gasteiger partial charge in [-0.1, -0.05) is 32.0 Å². The van der Waals surface area contributed by atoms with E-state index in [1.54, 1.807) is 26.8 Å². The van der Waals surface area contributed by atoms with E-state index in [4.69, 9.17) is 4.74 Å². The molecule has 138 valence electrons. The zero-order chi connectivity index (χ0) is 19.0. The fourth-order valence-corrected chi connectivity index (χ4v) is 1.80. The molecule has 0 saturated carbocycles. The van der Waals surface area contributed by atoms with E-state index in [1.165, 1.54) is 0 Å². The maximum absolute atomic E-state index is 11.9. The lowest BCUT2D eigenvalue weighted by molar-refractivity contribution is -0.120. The molecule has 25 heavy (non-hydrogen) atoms. The first-order valence-electron chi connectivity index (χ1n) is 8.21. The van der Waals surface area contributed by atoms with Crippen molar-refractivity contribution < 1.29 is 19.1 Å². The molecule has 0 heterocycles. The van der Waals surface area contributed by atoms with Gasteiger partial charge in [0.1, 0.15) is 12.1 Å². The summed E-state index contributed by atoms with van der Waals surface area (Å²) in [6.07, 6.45) is -0.646. The molecule has 0 saturated heterocycles. The molecule has 0 aliphatic rings. The molecule has 0 aromatic heterocycles. The van der Waals surface area contributed by atoms with Crippen LogP contribution in [0.1, 0.15) is 40.2 Å². The lowest BCUT2D eigenvalue weighted by Crippen LogP contribution is -2.39. The Morgan fingerprint density at radius 3 is 2.32 bits per heavy atom. The molecule has 0 aliphatic carbocycles. The van der Waals surface area contributed by atoms with Crippen LogP contribution in [-0.2, 0) is 20.9 Å². The highest BCUT2D eigenvalue weighted by molar-refractivity contribution is 5.92. The smallest absolute Gasteiger partial charge is 0.408 e. The summed E-state index contributed by atoms with van der Waals surface area (Å²) in [6.45, 7) is 8.90. The molecule has 7 nitrogen and oxygen atoms in total. The van der Waals surface area contributed by atoms with E-state index in [2.05, 4.69) is 16.0 Å². The Morgan fingerprint density at radius 1 is 1.08 bits per heavy atom. The monoisotopic (exact) mass is 349 g/mol. The van der Waals surface area contributed by atoms with Gasteiger partial charge < -0.3 is 20.7 Å². The summed E-state index contributed by atoms with van der Waals surface area (Å²) in [5.41, 5.74) is 0.817. The zero-order valence-electron chi connectivity index (χ0n) is 15.4. The fraction of sp³-hybridized carbons (Fsp3) is 0.500. The quantitative estimate of drug-likeness (QED) is 0.735. The number of alkyl carbamates (subject to hydrolysis) is 1. The number of nitrogens with one attached hydrogen (secondary N) is 3. The van der Waals surface area contributed by atoms with Crippen molar-refractivity contribution in [3.05, 3.63) is 29.8 Å². The number of hydrogen-bond acceptors (Lipinski definition) is 4. The van der Waals surface area contributed by atoms with Crippen molar-refractivity contribution in [3.63, 3.8) is 0 Å². The molecule has 1 rings (SSSR count). The minimum atomic E-state index is -0.646. The number of benzene rings is 1. The molecule has 0 unspecified atom stereocenters. The summed E-state index contributed by atoms with van der Waals surface area (Å²) < 4.78 is 5.06. The fourth-order valence-electron chi connectivity index (χ4n) is 1.80. The van der Waals surface area contributed by atoms with Gasteiger partial charge in [0, 0.05) is 18.2 Å². The van der Waals surface area contributed by atoms with E-state index in [0.29, 0.717) is 5.69 Å². The van der Waals surface area contributed by atoms with Crippen LogP contribution < -0.4 is 16.0 Å². The molecule has 0 fully saturated rings. The van der Waals surface area contributed by atoms with Crippen molar-refractivity contribution >= 4 is 23.6 Å². The van der Waals surface area contributed by atoms with Crippen LogP contribution >= 0.6 is 0 Å². The molecule has 0 atom stereocenters. The van der Waals surface area contributed by atoms with Crippen molar-refractivity contribution in [3.8, 4) is 0 Å². The van der Waals surface area contributed by atoms with Gasteiger partial charge in [-0.25, -0.2) is 4.79 Å². The van der Waals surface area contributed by atoms with Gasteiger partial charge in [0.25, 0.3) is 0 Å². The van der Waals surface area contributed by atoms with Crippen LogP contribution in [0.2, 0.25) is 0 Å².